The first-order valence-corrected chi connectivity index (χ1v) is 8.41. The first-order chi connectivity index (χ1) is 9.31. The van der Waals surface area contributed by atoms with Crippen molar-refractivity contribution >= 4 is 23.4 Å². The highest BCUT2D eigenvalue weighted by molar-refractivity contribution is 7.99. The van der Waals surface area contributed by atoms with Crippen LogP contribution in [0.2, 0.25) is 5.02 Å². The molecule has 0 saturated carbocycles. The molecule has 1 atom stereocenters. The first kappa shape index (κ1) is 15.2. The number of halogens is 1. The van der Waals surface area contributed by atoms with Crippen LogP contribution >= 0.6 is 23.4 Å². The summed E-state index contributed by atoms with van der Waals surface area (Å²) < 4.78 is 5.50. The molecule has 0 aliphatic carbocycles. The molecule has 0 amide bonds. The maximum Gasteiger partial charge on any atom is 0.0478 e. The van der Waals surface area contributed by atoms with Gasteiger partial charge in [-0.25, -0.2) is 0 Å². The number of hydrogen-bond acceptors (Lipinski definition) is 3. The SMILES string of the molecule is CCCOCCCNC1CCSc2ccc(Cl)cc21. The number of thioether (sulfide) groups is 1. The summed E-state index contributed by atoms with van der Waals surface area (Å²) in [6.45, 7) is 4.87. The molecule has 1 heterocycles. The highest BCUT2D eigenvalue weighted by atomic mass is 35.5. The molecule has 0 fully saturated rings. The van der Waals surface area contributed by atoms with Gasteiger partial charge in [0.2, 0.25) is 0 Å². The Kier molecular flexibility index (Phi) is 6.51. The van der Waals surface area contributed by atoms with E-state index < -0.39 is 0 Å². The van der Waals surface area contributed by atoms with E-state index in [9.17, 15) is 0 Å². The van der Waals surface area contributed by atoms with Gasteiger partial charge in [-0.1, -0.05) is 18.5 Å². The monoisotopic (exact) mass is 299 g/mol. The third-order valence-corrected chi connectivity index (χ3v) is 4.57. The molecule has 106 valence electrons. The van der Waals surface area contributed by atoms with E-state index in [1.165, 1.54) is 22.6 Å². The van der Waals surface area contributed by atoms with Gasteiger partial charge in [0.15, 0.2) is 0 Å². The average Bonchev–Trinajstić information content (AvgIpc) is 2.43. The number of nitrogens with one attached hydrogen (secondary N) is 1. The number of ether oxygens (including phenoxy) is 1. The third kappa shape index (κ3) is 4.67. The van der Waals surface area contributed by atoms with Crippen LogP contribution in [0.5, 0.6) is 0 Å². The van der Waals surface area contributed by atoms with Gasteiger partial charge in [-0.15, -0.1) is 11.8 Å². The molecule has 4 heteroatoms. The summed E-state index contributed by atoms with van der Waals surface area (Å²) in [5.41, 5.74) is 1.36. The minimum Gasteiger partial charge on any atom is -0.381 e. The molecule has 1 aliphatic heterocycles. The normalized spacial score (nSPS) is 18.3. The van der Waals surface area contributed by atoms with Gasteiger partial charge in [-0.2, -0.15) is 0 Å². The molecule has 1 aromatic carbocycles. The Morgan fingerprint density at radius 3 is 3.16 bits per heavy atom. The summed E-state index contributed by atoms with van der Waals surface area (Å²) in [5, 5.41) is 4.46. The fraction of sp³-hybridized carbons (Fsp3) is 0.600. The Labute approximate surface area is 125 Å². The predicted octanol–water partition coefficient (Wildman–Crippen LogP) is 4.28. The van der Waals surface area contributed by atoms with Crippen molar-refractivity contribution in [3.63, 3.8) is 0 Å². The van der Waals surface area contributed by atoms with Crippen LogP contribution in [-0.4, -0.2) is 25.5 Å². The smallest absolute Gasteiger partial charge is 0.0478 e. The lowest BCUT2D eigenvalue weighted by Gasteiger charge is -2.26. The lowest BCUT2D eigenvalue weighted by atomic mass is 10.0. The molecule has 1 N–H and O–H groups in total. The van der Waals surface area contributed by atoms with Gasteiger partial charge >= 0.3 is 0 Å². The van der Waals surface area contributed by atoms with Crippen molar-refractivity contribution in [1.82, 2.24) is 5.32 Å². The lowest BCUT2D eigenvalue weighted by Crippen LogP contribution is -2.26. The van der Waals surface area contributed by atoms with Crippen molar-refractivity contribution < 1.29 is 4.74 Å². The van der Waals surface area contributed by atoms with Gasteiger partial charge in [0, 0.05) is 29.2 Å². The molecule has 0 aromatic heterocycles. The summed E-state index contributed by atoms with van der Waals surface area (Å²) in [6, 6.07) is 6.67. The number of rotatable bonds is 7. The quantitative estimate of drug-likeness (QED) is 0.759. The first-order valence-electron chi connectivity index (χ1n) is 7.04. The minimum absolute atomic E-state index is 0.445. The Hall–Kier alpha value is -0.220. The van der Waals surface area contributed by atoms with Crippen molar-refractivity contribution in [2.75, 3.05) is 25.5 Å². The standard InChI is InChI=1S/C15H22ClNOS/c1-2-8-18-9-3-7-17-14-6-10-19-15-5-4-12(16)11-13(14)15/h4-5,11,14,17H,2-3,6-10H2,1H3. The minimum atomic E-state index is 0.445. The summed E-state index contributed by atoms with van der Waals surface area (Å²) >= 11 is 8.03. The lowest BCUT2D eigenvalue weighted by molar-refractivity contribution is 0.131. The van der Waals surface area contributed by atoms with Crippen molar-refractivity contribution in [2.24, 2.45) is 0 Å². The van der Waals surface area contributed by atoms with Gasteiger partial charge in [0.1, 0.15) is 0 Å². The molecule has 19 heavy (non-hydrogen) atoms. The topological polar surface area (TPSA) is 21.3 Å². The zero-order valence-corrected chi connectivity index (χ0v) is 13.0. The fourth-order valence-electron chi connectivity index (χ4n) is 2.27. The molecule has 0 saturated heterocycles. The molecular formula is C15H22ClNOS. The van der Waals surface area contributed by atoms with Gasteiger partial charge in [0.25, 0.3) is 0 Å². The van der Waals surface area contributed by atoms with E-state index in [2.05, 4.69) is 24.4 Å². The van der Waals surface area contributed by atoms with Crippen LogP contribution in [0.4, 0.5) is 0 Å². The van der Waals surface area contributed by atoms with E-state index in [1.807, 2.05) is 17.8 Å². The Morgan fingerprint density at radius 2 is 2.32 bits per heavy atom. The Morgan fingerprint density at radius 1 is 1.42 bits per heavy atom. The Bertz CT molecular complexity index is 400. The Balaban J connectivity index is 1.80. The summed E-state index contributed by atoms with van der Waals surface area (Å²) in [7, 11) is 0. The largest absolute Gasteiger partial charge is 0.381 e. The molecule has 0 spiro atoms. The van der Waals surface area contributed by atoms with Crippen LogP contribution in [0.1, 0.15) is 37.8 Å². The van der Waals surface area contributed by atoms with E-state index in [-0.39, 0.29) is 0 Å². The van der Waals surface area contributed by atoms with Gasteiger partial charge in [0.05, 0.1) is 0 Å². The molecule has 1 aliphatic rings. The molecule has 2 nitrogen and oxygen atoms in total. The second-order valence-corrected chi connectivity index (χ2v) is 6.37. The van der Waals surface area contributed by atoms with Crippen molar-refractivity contribution in [3.05, 3.63) is 28.8 Å². The summed E-state index contributed by atoms with van der Waals surface area (Å²) in [5.74, 6) is 1.18. The zero-order valence-electron chi connectivity index (χ0n) is 11.5. The summed E-state index contributed by atoms with van der Waals surface area (Å²) in [4.78, 5) is 1.37. The van der Waals surface area contributed by atoms with Crippen LogP contribution in [-0.2, 0) is 4.74 Å². The van der Waals surface area contributed by atoms with Gasteiger partial charge in [-0.3, -0.25) is 0 Å². The second kappa shape index (κ2) is 8.15. The molecule has 0 radical (unpaired) electrons. The molecule has 0 bridgehead atoms. The number of fused-ring (bicyclic) bond motifs is 1. The van der Waals surface area contributed by atoms with Crippen LogP contribution < -0.4 is 5.32 Å². The predicted molar refractivity (Wildman–Crippen MR) is 83.3 cm³/mol. The van der Waals surface area contributed by atoms with E-state index >= 15 is 0 Å². The highest BCUT2D eigenvalue weighted by Crippen LogP contribution is 2.37. The van der Waals surface area contributed by atoms with Crippen molar-refractivity contribution in [3.8, 4) is 0 Å². The van der Waals surface area contributed by atoms with E-state index in [1.54, 1.807) is 0 Å². The summed E-state index contributed by atoms with van der Waals surface area (Å²) in [6.07, 6.45) is 3.34. The van der Waals surface area contributed by atoms with Gasteiger partial charge in [-0.05, 0) is 55.3 Å². The van der Waals surface area contributed by atoms with Crippen molar-refractivity contribution in [1.29, 1.82) is 0 Å². The average molecular weight is 300 g/mol. The third-order valence-electron chi connectivity index (χ3n) is 3.22. The van der Waals surface area contributed by atoms with Crippen LogP contribution in [0.15, 0.2) is 23.1 Å². The molecular weight excluding hydrogens is 278 g/mol. The van der Waals surface area contributed by atoms with Crippen LogP contribution in [0, 0.1) is 0 Å². The van der Waals surface area contributed by atoms with Crippen LogP contribution in [0.3, 0.4) is 0 Å². The molecule has 2 rings (SSSR count). The maximum absolute atomic E-state index is 6.10. The number of benzene rings is 1. The van der Waals surface area contributed by atoms with E-state index in [0.29, 0.717) is 6.04 Å². The van der Waals surface area contributed by atoms with E-state index in [4.69, 9.17) is 16.3 Å². The maximum atomic E-state index is 6.10. The number of hydrogen-bond donors (Lipinski definition) is 1. The molecule has 1 aromatic rings. The van der Waals surface area contributed by atoms with E-state index in [0.717, 1.165) is 37.6 Å². The van der Waals surface area contributed by atoms with Crippen molar-refractivity contribution in [2.45, 2.75) is 37.1 Å². The second-order valence-electron chi connectivity index (χ2n) is 4.79. The zero-order chi connectivity index (χ0) is 13.5. The van der Waals surface area contributed by atoms with Gasteiger partial charge < -0.3 is 10.1 Å². The van der Waals surface area contributed by atoms with Crippen LogP contribution in [0.25, 0.3) is 0 Å². The molecule has 1 unspecified atom stereocenters. The fourth-order valence-corrected chi connectivity index (χ4v) is 3.56. The highest BCUT2D eigenvalue weighted by Gasteiger charge is 2.20.